The van der Waals surface area contributed by atoms with Gasteiger partial charge in [0.2, 0.25) is 17.7 Å². The van der Waals surface area contributed by atoms with E-state index in [0.29, 0.717) is 25.6 Å². The molecule has 168 valence electrons. The molecule has 0 bridgehead atoms. The van der Waals surface area contributed by atoms with Crippen molar-refractivity contribution in [2.45, 2.75) is 57.3 Å². The van der Waals surface area contributed by atoms with Gasteiger partial charge in [0, 0.05) is 32.5 Å². The molecule has 3 amide bonds. The van der Waals surface area contributed by atoms with Crippen LogP contribution in [-0.4, -0.2) is 47.2 Å². The lowest BCUT2D eigenvalue weighted by molar-refractivity contribution is -0.142. The monoisotopic (exact) mass is 432 g/mol. The molecule has 2 unspecified atom stereocenters. The summed E-state index contributed by atoms with van der Waals surface area (Å²) in [6.07, 6.45) is 3.03. The summed E-state index contributed by atoms with van der Waals surface area (Å²) in [6.45, 7) is 5.48. The number of carbonyl (C=O) groups is 3. The first kappa shape index (κ1) is 22.3. The van der Waals surface area contributed by atoms with E-state index in [1.165, 1.54) is 10.5 Å². The van der Waals surface area contributed by atoms with Crippen LogP contribution in [0, 0.1) is 6.92 Å². The van der Waals surface area contributed by atoms with Crippen molar-refractivity contribution < 1.29 is 14.4 Å². The summed E-state index contributed by atoms with van der Waals surface area (Å²) in [4.78, 5) is 42.9. The summed E-state index contributed by atoms with van der Waals surface area (Å²) in [5, 5.41) is 0. The van der Waals surface area contributed by atoms with Gasteiger partial charge in [-0.2, -0.15) is 0 Å². The van der Waals surface area contributed by atoms with Gasteiger partial charge in [-0.25, -0.2) is 0 Å². The van der Waals surface area contributed by atoms with Crippen LogP contribution in [0.4, 0.5) is 0 Å². The van der Waals surface area contributed by atoms with E-state index in [0.717, 1.165) is 30.4 Å². The van der Waals surface area contributed by atoms with Crippen molar-refractivity contribution in [2.24, 2.45) is 0 Å². The Labute approximate surface area is 190 Å². The van der Waals surface area contributed by atoms with Crippen molar-refractivity contribution in [3.8, 4) is 0 Å². The Balaban J connectivity index is 1.57. The van der Waals surface area contributed by atoms with Crippen molar-refractivity contribution in [3.05, 3.63) is 71.3 Å². The van der Waals surface area contributed by atoms with Gasteiger partial charge in [-0.3, -0.25) is 19.3 Å². The summed E-state index contributed by atoms with van der Waals surface area (Å²) >= 11 is 0. The molecule has 0 aliphatic carbocycles. The molecule has 2 fully saturated rings. The third-order valence-electron chi connectivity index (χ3n) is 7.19. The number of likely N-dealkylation sites (tertiary alicyclic amines) is 2. The largest absolute Gasteiger partial charge is 0.343 e. The van der Waals surface area contributed by atoms with E-state index in [9.17, 15) is 14.4 Å². The molecule has 5 nitrogen and oxygen atoms in total. The number of hydrogen-bond acceptors (Lipinski definition) is 3. The highest BCUT2D eigenvalue weighted by atomic mass is 16.2. The average Bonchev–Trinajstić information content (AvgIpc) is 2.95. The fourth-order valence-electron chi connectivity index (χ4n) is 5.45. The van der Waals surface area contributed by atoms with Crippen molar-refractivity contribution in [1.29, 1.82) is 0 Å². The fraction of sp³-hybridized carbons (Fsp3) is 0.444. The number of nitrogens with zero attached hydrogens (tertiary/aromatic N) is 2. The van der Waals surface area contributed by atoms with E-state index >= 15 is 0 Å². The topological polar surface area (TPSA) is 57.7 Å². The van der Waals surface area contributed by atoms with Crippen molar-refractivity contribution >= 4 is 17.7 Å². The normalized spacial score (nSPS) is 24.0. The Bertz CT molecular complexity index is 1000. The number of likely N-dealkylation sites (N-methyl/N-ethyl adjacent to an activating group) is 1. The van der Waals surface area contributed by atoms with Crippen molar-refractivity contribution in [2.75, 3.05) is 19.6 Å². The minimum Gasteiger partial charge on any atom is -0.343 e. The Morgan fingerprint density at radius 3 is 2.41 bits per heavy atom. The first-order valence-corrected chi connectivity index (χ1v) is 11.7. The van der Waals surface area contributed by atoms with Crippen LogP contribution in [0.3, 0.4) is 0 Å². The molecular weight excluding hydrogens is 400 g/mol. The zero-order chi connectivity index (χ0) is 22.7. The first-order valence-electron chi connectivity index (χ1n) is 11.7. The third kappa shape index (κ3) is 4.08. The maximum Gasteiger partial charge on any atom is 0.240 e. The average molecular weight is 433 g/mol. The summed E-state index contributed by atoms with van der Waals surface area (Å²) in [7, 11) is 0. The van der Waals surface area contributed by atoms with E-state index in [1.54, 1.807) is 0 Å². The van der Waals surface area contributed by atoms with Crippen molar-refractivity contribution in [3.63, 3.8) is 0 Å². The number of rotatable bonds is 5. The van der Waals surface area contributed by atoms with Crippen LogP contribution in [0.2, 0.25) is 0 Å². The molecule has 5 heteroatoms. The van der Waals surface area contributed by atoms with Gasteiger partial charge in [0.05, 0.1) is 5.41 Å². The summed E-state index contributed by atoms with van der Waals surface area (Å²) < 4.78 is 0. The molecule has 2 atom stereocenters. The molecular formula is C27H32N2O3. The highest BCUT2D eigenvalue weighted by molar-refractivity contribution is 6.10. The Morgan fingerprint density at radius 1 is 1.00 bits per heavy atom. The molecule has 2 aromatic carbocycles. The second-order valence-corrected chi connectivity index (χ2v) is 9.11. The summed E-state index contributed by atoms with van der Waals surface area (Å²) in [5.41, 5.74) is 1.98. The molecule has 0 N–H and O–H groups in total. The van der Waals surface area contributed by atoms with Gasteiger partial charge in [-0.05, 0) is 55.7 Å². The Kier molecular flexibility index (Phi) is 6.45. The lowest BCUT2D eigenvalue weighted by atomic mass is 9.74. The summed E-state index contributed by atoms with van der Waals surface area (Å²) in [5.74, 6) is 0.00358. The second kappa shape index (κ2) is 9.27. The molecule has 0 radical (unpaired) electrons. The van der Waals surface area contributed by atoms with Crippen LogP contribution in [0.5, 0.6) is 0 Å². The van der Waals surface area contributed by atoms with Crippen molar-refractivity contribution in [1.82, 2.24) is 9.80 Å². The molecule has 4 rings (SSSR count). The smallest absolute Gasteiger partial charge is 0.240 e. The van der Waals surface area contributed by atoms with Gasteiger partial charge in [-0.15, -0.1) is 0 Å². The molecule has 2 saturated heterocycles. The Hall–Kier alpha value is -2.95. The molecule has 2 aliphatic heterocycles. The van der Waals surface area contributed by atoms with Gasteiger partial charge in [0.15, 0.2) is 0 Å². The van der Waals surface area contributed by atoms with Crippen LogP contribution in [0.1, 0.15) is 61.6 Å². The third-order valence-corrected chi connectivity index (χ3v) is 7.19. The maximum atomic E-state index is 13.5. The van der Waals surface area contributed by atoms with E-state index in [2.05, 4.69) is 24.3 Å². The zero-order valence-corrected chi connectivity index (χ0v) is 19.0. The van der Waals surface area contributed by atoms with Crippen LogP contribution < -0.4 is 0 Å². The van der Waals surface area contributed by atoms with Gasteiger partial charge < -0.3 is 4.90 Å². The van der Waals surface area contributed by atoms with Crippen LogP contribution in [0.25, 0.3) is 0 Å². The van der Waals surface area contributed by atoms with Crippen LogP contribution in [-0.2, 0) is 19.8 Å². The standard InChI is InChI=1S/C27H32N2O3/c1-3-29-25(31)19-27(26(29)32,23-14-8-7-10-20(23)2)18-24(30)28-16-9-13-22(15-17-28)21-11-5-4-6-12-21/h4-8,10-12,14,22H,3,9,13,15-19H2,1-2H3. The lowest BCUT2D eigenvalue weighted by Crippen LogP contribution is -2.44. The SMILES string of the molecule is CCN1C(=O)CC(CC(=O)N2CCCC(c3ccccc3)CC2)(c2ccccc2C)C1=O. The summed E-state index contributed by atoms with van der Waals surface area (Å²) in [6, 6.07) is 18.2. The minimum atomic E-state index is -1.10. The predicted octanol–water partition coefficient (Wildman–Crippen LogP) is 4.20. The molecule has 32 heavy (non-hydrogen) atoms. The molecule has 2 aromatic rings. The highest BCUT2D eigenvalue weighted by Gasteiger charge is 2.54. The quantitative estimate of drug-likeness (QED) is 0.666. The van der Waals surface area contributed by atoms with Crippen LogP contribution in [0.15, 0.2) is 54.6 Å². The van der Waals surface area contributed by atoms with E-state index in [4.69, 9.17) is 0 Å². The lowest BCUT2D eigenvalue weighted by Gasteiger charge is -2.31. The van der Waals surface area contributed by atoms with Crippen LogP contribution >= 0.6 is 0 Å². The number of aryl methyl sites for hydroxylation is 1. The second-order valence-electron chi connectivity index (χ2n) is 9.11. The molecule has 0 aromatic heterocycles. The van der Waals surface area contributed by atoms with E-state index in [-0.39, 0.29) is 30.6 Å². The van der Waals surface area contributed by atoms with Gasteiger partial charge in [0.25, 0.3) is 0 Å². The van der Waals surface area contributed by atoms with Gasteiger partial charge in [-0.1, -0.05) is 54.6 Å². The van der Waals surface area contributed by atoms with Gasteiger partial charge in [0.1, 0.15) is 0 Å². The number of carbonyl (C=O) groups excluding carboxylic acids is 3. The Morgan fingerprint density at radius 2 is 1.72 bits per heavy atom. The fourth-order valence-corrected chi connectivity index (χ4v) is 5.45. The predicted molar refractivity (Wildman–Crippen MR) is 124 cm³/mol. The molecule has 0 saturated carbocycles. The van der Waals surface area contributed by atoms with E-state index < -0.39 is 5.41 Å². The molecule has 2 heterocycles. The highest BCUT2D eigenvalue weighted by Crippen LogP contribution is 2.42. The first-order chi connectivity index (χ1) is 15.5. The molecule has 2 aliphatic rings. The zero-order valence-electron chi connectivity index (χ0n) is 19.0. The maximum absolute atomic E-state index is 13.5. The minimum absolute atomic E-state index is 0.0268. The number of hydrogen-bond donors (Lipinski definition) is 0. The molecule has 0 spiro atoms. The number of imide groups is 1. The number of benzene rings is 2. The van der Waals surface area contributed by atoms with E-state index in [1.807, 2.05) is 49.1 Å². The number of amides is 3. The van der Waals surface area contributed by atoms with Gasteiger partial charge >= 0.3 is 0 Å².